The molecule has 9 nitrogen and oxygen atoms in total. The van der Waals surface area contributed by atoms with Crippen LogP contribution in [0.4, 0.5) is 11.4 Å². The van der Waals surface area contributed by atoms with E-state index in [1.807, 2.05) is 0 Å². The van der Waals surface area contributed by atoms with Gasteiger partial charge in [-0.2, -0.15) is 0 Å². The lowest BCUT2D eigenvalue weighted by molar-refractivity contribution is -0.496. The number of phenols is 4. The third-order valence-electron chi connectivity index (χ3n) is 4.16. The second-order valence-electron chi connectivity index (χ2n) is 6.34. The van der Waals surface area contributed by atoms with Crippen molar-refractivity contribution in [2.45, 2.75) is 13.5 Å². The van der Waals surface area contributed by atoms with Crippen LogP contribution in [0.25, 0.3) is 11.1 Å². The molecule has 0 saturated carbocycles. The smallest absolute Gasteiger partial charge is 0.229 e. The van der Waals surface area contributed by atoms with Crippen LogP contribution in [-0.2, 0) is 6.54 Å². The third-order valence-corrected chi connectivity index (χ3v) is 4.16. The summed E-state index contributed by atoms with van der Waals surface area (Å²) in [6.45, 7) is 1.04. The number of hydrogen-bond acceptors (Lipinski definition) is 8. The average Bonchev–Trinajstić information content (AvgIpc) is 2.63. The monoisotopic (exact) mass is 395 g/mol. The molecule has 0 radical (unpaired) electrons. The van der Waals surface area contributed by atoms with Gasteiger partial charge in [0.25, 0.3) is 0 Å². The van der Waals surface area contributed by atoms with Gasteiger partial charge in [-0.3, -0.25) is 10.1 Å². The Morgan fingerprint density at radius 1 is 0.897 bits per heavy atom. The van der Waals surface area contributed by atoms with Gasteiger partial charge in [0.15, 0.2) is 17.1 Å². The Morgan fingerprint density at radius 2 is 1.45 bits per heavy atom. The first-order chi connectivity index (χ1) is 13.8. The van der Waals surface area contributed by atoms with E-state index in [4.69, 9.17) is 0 Å². The normalized spacial score (nSPS) is 11.1. The van der Waals surface area contributed by atoms with Crippen molar-refractivity contribution in [2.24, 2.45) is 10.2 Å². The van der Waals surface area contributed by atoms with E-state index in [0.29, 0.717) is 11.1 Å². The van der Waals surface area contributed by atoms with E-state index >= 15 is 0 Å². The lowest BCUT2D eigenvalue weighted by Crippen LogP contribution is -2.01. The second kappa shape index (κ2) is 7.85. The van der Waals surface area contributed by atoms with Crippen molar-refractivity contribution in [1.82, 2.24) is 0 Å². The highest BCUT2D eigenvalue weighted by molar-refractivity contribution is 5.82. The van der Waals surface area contributed by atoms with Crippen LogP contribution in [0.1, 0.15) is 11.1 Å². The van der Waals surface area contributed by atoms with Gasteiger partial charge in [0.2, 0.25) is 6.54 Å². The number of aryl methyl sites for hydroxylation is 1. The number of phenolic OH excluding ortho intramolecular Hbond substituents is 4. The standard InChI is InChI=1S/C20H17N3O6/c1-11-7-14(24)18(15(25)8-11)21-22-19-16(26)9-13(10-23(28)29)17(20(19)27)12-5-3-2-4-6-12/h2-9,24-27H,10H2,1H3. The Kier molecular flexibility index (Phi) is 5.31. The first-order valence-corrected chi connectivity index (χ1v) is 8.47. The summed E-state index contributed by atoms with van der Waals surface area (Å²) in [5, 5.41) is 59.4. The van der Waals surface area contributed by atoms with E-state index in [0.717, 1.165) is 6.07 Å². The fourth-order valence-corrected chi connectivity index (χ4v) is 2.93. The summed E-state index contributed by atoms with van der Waals surface area (Å²) in [7, 11) is 0. The Morgan fingerprint density at radius 3 is 2.03 bits per heavy atom. The number of rotatable bonds is 5. The summed E-state index contributed by atoms with van der Waals surface area (Å²) in [5.41, 5.74) is 0.711. The van der Waals surface area contributed by atoms with Gasteiger partial charge in [-0.25, -0.2) is 0 Å². The largest absolute Gasteiger partial charge is 0.505 e. The SMILES string of the molecule is Cc1cc(O)c(N=Nc2c(O)cc(C[N+](=O)[O-])c(-c3ccccc3)c2O)c(O)c1. The molecule has 3 rings (SSSR count). The van der Waals surface area contributed by atoms with Crippen molar-refractivity contribution in [2.75, 3.05) is 0 Å². The molecule has 0 aromatic heterocycles. The molecule has 9 heteroatoms. The van der Waals surface area contributed by atoms with Crippen LogP contribution >= 0.6 is 0 Å². The van der Waals surface area contributed by atoms with Crippen LogP contribution in [0, 0.1) is 17.0 Å². The molecule has 3 aromatic carbocycles. The summed E-state index contributed by atoms with van der Waals surface area (Å²) >= 11 is 0. The predicted molar refractivity (Wildman–Crippen MR) is 105 cm³/mol. The molecular weight excluding hydrogens is 378 g/mol. The van der Waals surface area contributed by atoms with E-state index in [1.54, 1.807) is 37.3 Å². The molecule has 0 atom stereocenters. The molecule has 148 valence electrons. The predicted octanol–water partition coefficient (Wildman–Crippen LogP) is 4.68. The van der Waals surface area contributed by atoms with Crippen LogP contribution in [0.5, 0.6) is 23.0 Å². The van der Waals surface area contributed by atoms with Crippen molar-refractivity contribution >= 4 is 11.4 Å². The van der Waals surface area contributed by atoms with Crippen LogP contribution < -0.4 is 0 Å². The molecule has 0 bridgehead atoms. The molecule has 0 heterocycles. The lowest BCUT2D eigenvalue weighted by Gasteiger charge is -2.12. The minimum absolute atomic E-state index is 0.0937. The quantitative estimate of drug-likeness (QED) is 0.280. The molecule has 0 saturated heterocycles. The Balaban J connectivity index is 2.17. The van der Waals surface area contributed by atoms with E-state index < -0.39 is 23.0 Å². The summed E-state index contributed by atoms with van der Waals surface area (Å²) < 4.78 is 0. The Bertz CT molecular complexity index is 1090. The molecule has 4 N–H and O–H groups in total. The van der Waals surface area contributed by atoms with Gasteiger partial charge in [0.1, 0.15) is 17.2 Å². The minimum Gasteiger partial charge on any atom is -0.505 e. The summed E-state index contributed by atoms with van der Waals surface area (Å²) in [6.07, 6.45) is 0. The van der Waals surface area contributed by atoms with Crippen LogP contribution in [-0.4, -0.2) is 25.3 Å². The van der Waals surface area contributed by atoms with Crippen molar-refractivity contribution in [3.05, 3.63) is 69.8 Å². The Labute approximate surface area is 165 Å². The van der Waals surface area contributed by atoms with Gasteiger partial charge in [0, 0.05) is 16.1 Å². The molecular formula is C20H17N3O6. The number of nitrogens with zero attached hydrogens (tertiary/aromatic N) is 3. The fourth-order valence-electron chi connectivity index (χ4n) is 2.93. The highest BCUT2D eigenvalue weighted by Crippen LogP contribution is 2.47. The molecule has 0 fully saturated rings. The Hall–Kier alpha value is -4.14. The fraction of sp³-hybridized carbons (Fsp3) is 0.100. The molecule has 0 aliphatic carbocycles. The molecule has 0 amide bonds. The van der Waals surface area contributed by atoms with Crippen LogP contribution in [0.3, 0.4) is 0 Å². The molecule has 0 unspecified atom stereocenters. The van der Waals surface area contributed by atoms with Gasteiger partial charge in [0.05, 0.1) is 0 Å². The maximum atomic E-state index is 11.0. The van der Waals surface area contributed by atoms with Crippen molar-refractivity contribution < 1.29 is 25.3 Å². The summed E-state index contributed by atoms with van der Waals surface area (Å²) in [4.78, 5) is 10.4. The van der Waals surface area contributed by atoms with Gasteiger partial charge < -0.3 is 20.4 Å². The highest BCUT2D eigenvalue weighted by Gasteiger charge is 2.22. The first-order valence-electron chi connectivity index (χ1n) is 8.47. The second-order valence-corrected chi connectivity index (χ2v) is 6.34. The van der Waals surface area contributed by atoms with Gasteiger partial charge >= 0.3 is 0 Å². The zero-order valence-electron chi connectivity index (χ0n) is 15.3. The third kappa shape index (κ3) is 4.08. The van der Waals surface area contributed by atoms with E-state index in [2.05, 4.69) is 10.2 Å². The number of hydrogen-bond donors (Lipinski definition) is 4. The summed E-state index contributed by atoms with van der Waals surface area (Å²) in [5.74, 6) is -1.71. The number of benzene rings is 3. The molecule has 0 aliphatic heterocycles. The summed E-state index contributed by atoms with van der Waals surface area (Å²) in [6, 6.07) is 12.3. The zero-order valence-corrected chi connectivity index (χ0v) is 15.3. The van der Waals surface area contributed by atoms with E-state index in [9.17, 15) is 30.5 Å². The maximum Gasteiger partial charge on any atom is 0.229 e. The van der Waals surface area contributed by atoms with E-state index in [-0.39, 0.29) is 34.0 Å². The average molecular weight is 395 g/mol. The van der Waals surface area contributed by atoms with Crippen molar-refractivity contribution in [1.29, 1.82) is 0 Å². The number of nitro groups is 1. The topological polar surface area (TPSA) is 149 Å². The number of aromatic hydroxyl groups is 4. The van der Waals surface area contributed by atoms with Crippen LogP contribution in [0.2, 0.25) is 0 Å². The van der Waals surface area contributed by atoms with Gasteiger partial charge in [-0.15, -0.1) is 10.2 Å². The first kappa shape index (κ1) is 19.6. The molecule has 0 spiro atoms. The highest BCUT2D eigenvalue weighted by atomic mass is 16.6. The van der Waals surface area contributed by atoms with Crippen molar-refractivity contribution in [3.63, 3.8) is 0 Å². The maximum absolute atomic E-state index is 11.0. The van der Waals surface area contributed by atoms with E-state index in [1.165, 1.54) is 12.1 Å². The molecule has 3 aromatic rings. The van der Waals surface area contributed by atoms with Gasteiger partial charge in [-0.05, 0) is 36.2 Å². The van der Waals surface area contributed by atoms with Crippen molar-refractivity contribution in [3.8, 4) is 34.1 Å². The minimum atomic E-state index is -0.623. The molecule has 0 aliphatic rings. The number of azo groups is 1. The molecule has 29 heavy (non-hydrogen) atoms. The lowest BCUT2D eigenvalue weighted by atomic mass is 9.97. The van der Waals surface area contributed by atoms with Crippen LogP contribution in [0.15, 0.2) is 58.8 Å². The zero-order chi connectivity index (χ0) is 21.1. The van der Waals surface area contributed by atoms with Gasteiger partial charge in [-0.1, -0.05) is 30.3 Å².